The zero-order valence-electron chi connectivity index (χ0n) is 25.8. The summed E-state index contributed by atoms with van der Waals surface area (Å²) in [5.41, 5.74) is -2.49. The number of likely N-dealkylation sites (tertiary alicyclic amines) is 1. The number of pyridine rings is 2. The van der Waals surface area contributed by atoms with E-state index in [2.05, 4.69) is 20.4 Å². The lowest BCUT2D eigenvalue weighted by atomic mass is 10.0. The molecule has 260 valence electrons. The number of ether oxygens (including phenoxy) is 2. The molecule has 0 bridgehead atoms. The molecule has 2 amide bonds. The number of nitrogens with one attached hydrogen (secondary N) is 2. The molecule has 1 aliphatic heterocycles. The van der Waals surface area contributed by atoms with Crippen LogP contribution in [0.2, 0.25) is 5.15 Å². The van der Waals surface area contributed by atoms with E-state index in [-0.39, 0.29) is 79.9 Å². The predicted octanol–water partition coefficient (Wildman–Crippen LogP) is 4.51. The molecule has 5 rings (SSSR count). The number of aromatic nitrogens is 4. The number of carbonyl (C=O) groups is 2. The van der Waals surface area contributed by atoms with Crippen LogP contribution in [0.5, 0.6) is 5.88 Å². The van der Waals surface area contributed by atoms with E-state index in [0.29, 0.717) is 6.42 Å². The van der Waals surface area contributed by atoms with Crippen molar-refractivity contribution >= 4 is 39.4 Å². The maximum atomic E-state index is 13.1. The SMILES string of the molecule is CC1(C)CC(OCCNc2cccc(S(=O)(=O)NC(=O)c3ccc(-n4ccc(OCCC5(C(F)(F)F)CC5)n4)nc3Cl)n2)CN1C(=O)O. The minimum absolute atomic E-state index is 0.0699. The third-order valence-corrected chi connectivity index (χ3v) is 9.75. The molecule has 14 nitrogen and oxygen atoms in total. The number of nitrogens with zero attached hydrogens (tertiary/aromatic N) is 5. The minimum Gasteiger partial charge on any atom is -0.477 e. The Hall–Kier alpha value is -4.16. The van der Waals surface area contributed by atoms with Crippen LogP contribution in [0.4, 0.5) is 23.8 Å². The highest BCUT2D eigenvalue weighted by atomic mass is 35.5. The normalized spacial score (nSPS) is 18.4. The summed E-state index contributed by atoms with van der Waals surface area (Å²) in [6, 6.07) is 8.19. The second kappa shape index (κ2) is 13.4. The summed E-state index contributed by atoms with van der Waals surface area (Å²) in [4.78, 5) is 33.8. The van der Waals surface area contributed by atoms with Gasteiger partial charge < -0.3 is 24.8 Å². The molecule has 4 heterocycles. The van der Waals surface area contributed by atoms with Crippen LogP contribution in [0.25, 0.3) is 5.82 Å². The summed E-state index contributed by atoms with van der Waals surface area (Å²) in [6.07, 6.45) is -3.63. The fourth-order valence-electron chi connectivity index (χ4n) is 5.34. The first-order valence-corrected chi connectivity index (χ1v) is 16.7. The molecule has 3 aromatic heterocycles. The lowest BCUT2D eigenvalue weighted by Crippen LogP contribution is -2.41. The number of sulfonamides is 1. The molecule has 3 aromatic rings. The molecule has 19 heteroatoms. The van der Waals surface area contributed by atoms with Crippen LogP contribution in [0.15, 0.2) is 47.6 Å². The van der Waals surface area contributed by atoms with Crippen molar-refractivity contribution in [1.29, 1.82) is 0 Å². The molecule has 1 saturated carbocycles. The Morgan fingerprint density at radius 1 is 1.12 bits per heavy atom. The van der Waals surface area contributed by atoms with Crippen LogP contribution in [-0.2, 0) is 14.8 Å². The molecule has 1 atom stereocenters. The van der Waals surface area contributed by atoms with Crippen LogP contribution >= 0.6 is 11.6 Å². The molecule has 1 unspecified atom stereocenters. The number of alkyl halides is 3. The molecule has 2 aliphatic rings. The van der Waals surface area contributed by atoms with Gasteiger partial charge >= 0.3 is 12.3 Å². The van der Waals surface area contributed by atoms with E-state index in [1.165, 1.54) is 52.2 Å². The third-order valence-electron chi connectivity index (χ3n) is 8.23. The molecule has 48 heavy (non-hydrogen) atoms. The monoisotopic (exact) mass is 715 g/mol. The standard InChI is InChI=1S/C29H33ClF3N7O7S/c1-27(2)16-18(17-39(27)26(42)43)46-15-12-34-20-4-3-5-23(35-20)48(44,45)38-25(41)19-6-7-21(36-24(19)30)40-13-8-22(37-40)47-14-11-28(9-10-28)29(31,32)33/h3-8,13,18H,9-12,14-17H2,1-2H3,(H,34,35)(H,38,41)(H,42,43). The average molecular weight is 716 g/mol. The van der Waals surface area contributed by atoms with E-state index in [9.17, 15) is 36.3 Å². The van der Waals surface area contributed by atoms with Gasteiger partial charge in [0.25, 0.3) is 15.9 Å². The summed E-state index contributed by atoms with van der Waals surface area (Å²) >= 11 is 6.21. The highest BCUT2D eigenvalue weighted by Crippen LogP contribution is 2.59. The maximum absolute atomic E-state index is 13.1. The number of rotatable bonds is 13. The molecule has 0 aromatic carbocycles. The Morgan fingerprint density at radius 2 is 1.88 bits per heavy atom. The summed E-state index contributed by atoms with van der Waals surface area (Å²) in [6.45, 7) is 4.18. The van der Waals surface area contributed by atoms with Crippen molar-refractivity contribution in [2.24, 2.45) is 5.41 Å². The molecule has 2 fully saturated rings. The first-order valence-electron chi connectivity index (χ1n) is 14.8. The molecule has 1 saturated heterocycles. The number of amides is 2. The number of hydrogen-bond acceptors (Lipinski definition) is 10. The average Bonchev–Trinajstić information content (AvgIpc) is 3.55. The van der Waals surface area contributed by atoms with Gasteiger partial charge in [-0.25, -0.2) is 24.2 Å². The predicted molar refractivity (Wildman–Crippen MR) is 165 cm³/mol. The number of halogens is 4. The lowest BCUT2D eigenvalue weighted by Gasteiger charge is -2.27. The smallest absolute Gasteiger partial charge is 0.407 e. The van der Waals surface area contributed by atoms with Crippen LogP contribution in [0.3, 0.4) is 0 Å². The van der Waals surface area contributed by atoms with Gasteiger partial charge in [0.1, 0.15) is 11.0 Å². The molecule has 0 radical (unpaired) electrons. The Labute approximate surface area is 278 Å². The molecule has 1 aliphatic carbocycles. The van der Waals surface area contributed by atoms with Gasteiger partial charge in [0, 0.05) is 24.3 Å². The highest BCUT2D eigenvalue weighted by molar-refractivity contribution is 7.90. The number of carbonyl (C=O) groups excluding carboxylic acids is 1. The van der Waals surface area contributed by atoms with Gasteiger partial charge in [0.15, 0.2) is 10.8 Å². The highest BCUT2D eigenvalue weighted by Gasteiger charge is 2.62. The largest absolute Gasteiger partial charge is 0.477 e. The van der Waals surface area contributed by atoms with Crippen LogP contribution < -0.4 is 14.8 Å². The van der Waals surface area contributed by atoms with Crippen LogP contribution in [0.1, 0.15) is 49.9 Å². The zero-order chi connectivity index (χ0) is 34.9. The van der Waals surface area contributed by atoms with E-state index >= 15 is 0 Å². The van der Waals surface area contributed by atoms with E-state index < -0.39 is 44.2 Å². The summed E-state index contributed by atoms with van der Waals surface area (Å²) in [5, 5.41) is 15.6. The number of anilines is 1. The fraction of sp³-hybridized carbons (Fsp3) is 0.483. The second-order valence-electron chi connectivity index (χ2n) is 12.1. The molecule has 3 N–H and O–H groups in total. The lowest BCUT2D eigenvalue weighted by molar-refractivity contribution is -0.190. The zero-order valence-corrected chi connectivity index (χ0v) is 27.4. The topological polar surface area (TPSA) is 178 Å². The second-order valence-corrected chi connectivity index (χ2v) is 14.1. The van der Waals surface area contributed by atoms with Gasteiger partial charge in [0.2, 0.25) is 5.88 Å². The van der Waals surface area contributed by atoms with Crippen molar-refractivity contribution in [1.82, 2.24) is 29.4 Å². The van der Waals surface area contributed by atoms with Crippen LogP contribution in [-0.4, -0.2) is 94.3 Å². The Bertz CT molecular complexity index is 1780. The minimum atomic E-state index is -4.44. The molecule has 0 spiro atoms. The Kier molecular flexibility index (Phi) is 9.81. The van der Waals surface area contributed by atoms with Crippen molar-refractivity contribution < 1.29 is 45.8 Å². The Balaban J connectivity index is 1.13. The Morgan fingerprint density at radius 3 is 2.52 bits per heavy atom. The molecular formula is C29H33ClF3N7O7S. The van der Waals surface area contributed by atoms with Crippen LogP contribution in [0, 0.1) is 5.41 Å². The first kappa shape index (κ1) is 35.2. The maximum Gasteiger partial charge on any atom is 0.407 e. The van der Waals surface area contributed by atoms with E-state index in [0.717, 1.165) is 0 Å². The van der Waals surface area contributed by atoms with E-state index in [1.807, 2.05) is 18.6 Å². The summed E-state index contributed by atoms with van der Waals surface area (Å²) in [7, 11) is -4.44. The fourth-order valence-corrected chi connectivity index (χ4v) is 6.51. The van der Waals surface area contributed by atoms with Gasteiger partial charge in [-0.15, -0.1) is 5.10 Å². The van der Waals surface area contributed by atoms with Crippen molar-refractivity contribution in [2.45, 2.75) is 62.4 Å². The van der Waals surface area contributed by atoms with Gasteiger partial charge in [-0.1, -0.05) is 17.7 Å². The van der Waals surface area contributed by atoms with Gasteiger partial charge in [-0.3, -0.25) is 4.79 Å². The van der Waals surface area contributed by atoms with Gasteiger partial charge in [0.05, 0.1) is 36.8 Å². The number of hydrogen-bond donors (Lipinski definition) is 3. The van der Waals surface area contributed by atoms with E-state index in [4.69, 9.17) is 21.1 Å². The first-order chi connectivity index (χ1) is 22.5. The molecular weight excluding hydrogens is 683 g/mol. The van der Waals surface area contributed by atoms with Crippen molar-refractivity contribution in [3.05, 3.63) is 53.3 Å². The van der Waals surface area contributed by atoms with Gasteiger partial charge in [-0.05, 0) is 63.8 Å². The third kappa shape index (κ3) is 7.92. The number of carboxylic acid groups (broad SMARTS) is 1. The van der Waals surface area contributed by atoms with Crippen molar-refractivity contribution in [3.63, 3.8) is 0 Å². The summed E-state index contributed by atoms with van der Waals surface area (Å²) in [5.74, 6) is -0.651. The van der Waals surface area contributed by atoms with Gasteiger partial charge in [-0.2, -0.15) is 21.6 Å². The van der Waals surface area contributed by atoms with Crippen molar-refractivity contribution in [2.75, 3.05) is 31.6 Å². The van der Waals surface area contributed by atoms with E-state index in [1.54, 1.807) is 0 Å². The van der Waals surface area contributed by atoms with Crippen molar-refractivity contribution in [3.8, 4) is 11.7 Å². The quantitative estimate of drug-likeness (QED) is 0.168. The summed E-state index contributed by atoms with van der Waals surface area (Å²) < 4.78 is 79.6.